The molecule has 0 aromatic heterocycles. The van der Waals surface area contributed by atoms with Gasteiger partial charge < -0.3 is 14.6 Å². The number of allylic oxidation sites excluding steroid dienone is 1. The monoisotopic (exact) mass is 464 g/mol. The van der Waals surface area contributed by atoms with Gasteiger partial charge in [0, 0.05) is 25.2 Å². The normalized spacial score (nSPS) is 45.4. The lowest BCUT2D eigenvalue weighted by Crippen LogP contribution is -2.65. The van der Waals surface area contributed by atoms with Crippen molar-refractivity contribution in [2.24, 2.45) is 11.3 Å². The van der Waals surface area contributed by atoms with Crippen LogP contribution in [0.25, 0.3) is 0 Å². The van der Waals surface area contributed by atoms with E-state index in [1.165, 1.54) is 5.56 Å². The molecule has 3 fully saturated rings. The van der Waals surface area contributed by atoms with Crippen molar-refractivity contribution in [2.75, 3.05) is 0 Å². The summed E-state index contributed by atoms with van der Waals surface area (Å²) in [4.78, 5) is 38.7. The fraction of sp³-hybridized carbons (Fsp3) is 0.607. The van der Waals surface area contributed by atoms with Crippen LogP contribution >= 0.6 is 0 Å². The van der Waals surface area contributed by atoms with Crippen LogP contribution in [-0.4, -0.2) is 45.5 Å². The summed E-state index contributed by atoms with van der Waals surface area (Å²) in [6.07, 6.45) is 5.61. The summed E-state index contributed by atoms with van der Waals surface area (Å²) in [6.45, 7) is 7.65. The molecule has 0 amide bonds. The fourth-order valence-corrected chi connectivity index (χ4v) is 7.43. The number of esters is 1. The highest BCUT2D eigenvalue weighted by Gasteiger charge is 2.73. The predicted molar refractivity (Wildman–Crippen MR) is 123 cm³/mol. The molecule has 3 aliphatic carbocycles. The van der Waals surface area contributed by atoms with Crippen molar-refractivity contribution in [3.05, 3.63) is 47.0 Å². The number of carbonyl (C=O) groups is 3. The van der Waals surface area contributed by atoms with Gasteiger partial charge in [-0.1, -0.05) is 31.2 Å². The lowest BCUT2D eigenvalue weighted by atomic mass is 9.47. The number of cyclic esters (lactones) is 1. The van der Waals surface area contributed by atoms with Crippen molar-refractivity contribution in [1.82, 2.24) is 0 Å². The molecule has 0 unspecified atom stereocenters. The van der Waals surface area contributed by atoms with Gasteiger partial charge in [-0.3, -0.25) is 9.59 Å². The second-order valence-corrected chi connectivity index (χ2v) is 11.7. The number of aryl methyl sites for hydroxylation is 1. The molecular formula is C28H32O6. The van der Waals surface area contributed by atoms with Crippen molar-refractivity contribution in [3.8, 4) is 0 Å². The Morgan fingerprint density at radius 1 is 1.15 bits per heavy atom. The van der Waals surface area contributed by atoms with Gasteiger partial charge in [-0.15, -0.1) is 0 Å². The van der Waals surface area contributed by atoms with Crippen LogP contribution in [0.1, 0.15) is 81.9 Å². The molecule has 1 aromatic carbocycles. The Kier molecular flexibility index (Phi) is 4.35. The average molecular weight is 465 g/mol. The van der Waals surface area contributed by atoms with Crippen LogP contribution in [0.5, 0.6) is 0 Å². The van der Waals surface area contributed by atoms with E-state index in [1.54, 1.807) is 26.0 Å². The van der Waals surface area contributed by atoms with Crippen molar-refractivity contribution in [1.29, 1.82) is 0 Å². The number of hydrogen-bond acceptors (Lipinski definition) is 6. The van der Waals surface area contributed by atoms with Gasteiger partial charge in [0.25, 0.3) is 0 Å². The molecular weight excluding hydrogens is 432 g/mol. The number of ketones is 2. The van der Waals surface area contributed by atoms with E-state index in [0.717, 1.165) is 24.0 Å². The molecule has 1 aromatic rings. The first-order valence-corrected chi connectivity index (χ1v) is 12.5. The van der Waals surface area contributed by atoms with E-state index in [4.69, 9.17) is 9.47 Å². The highest BCUT2D eigenvalue weighted by atomic mass is 16.7. The first kappa shape index (κ1) is 22.2. The van der Waals surface area contributed by atoms with Gasteiger partial charge in [0.05, 0.1) is 5.41 Å². The minimum Gasteiger partial charge on any atom is -0.459 e. The Labute approximate surface area is 199 Å². The molecule has 2 aliphatic heterocycles. The number of aliphatic hydroxyl groups is 1. The van der Waals surface area contributed by atoms with Gasteiger partial charge in [-0.05, 0) is 68.2 Å². The van der Waals surface area contributed by atoms with E-state index in [9.17, 15) is 19.5 Å². The summed E-state index contributed by atoms with van der Waals surface area (Å²) in [5.41, 5.74) is -0.572. The lowest BCUT2D eigenvalue weighted by molar-refractivity contribution is -0.179. The highest BCUT2D eigenvalue weighted by Crippen LogP contribution is 2.60. The van der Waals surface area contributed by atoms with E-state index < -0.39 is 22.2 Å². The highest BCUT2D eigenvalue weighted by molar-refractivity contribution is 6.05. The quantitative estimate of drug-likeness (QED) is 0.532. The van der Waals surface area contributed by atoms with Crippen molar-refractivity contribution >= 4 is 17.5 Å². The number of hydrogen-bond donors (Lipinski definition) is 1. The average Bonchev–Trinajstić information content (AvgIpc) is 3.38. The fourth-order valence-electron chi connectivity index (χ4n) is 7.43. The van der Waals surface area contributed by atoms with Gasteiger partial charge in [0.1, 0.15) is 17.3 Å². The van der Waals surface area contributed by atoms with Crippen LogP contribution in [0.15, 0.2) is 30.4 Å². The molecule has 1 N–H and O–H groups in total. The number of fused-ring (bicyclic) bond motifs is 6. The summed E-state index contributed by atoms with van der Waals surface area (Å²) in [6, 6.07) is 6.34. The zero-order valence-electron chi connectivity index (χ0n) is 20.2. The van der Waals surface area contributed by atoms with Gasteiger partial charge >= 0.3 is 5.97 Å². The van der Waals surface area contributed by atoms with Crippen LogP contribution in [-0.2, 0) is 30.3 Å². The molecule has 0 bridgehead atoms. The molecule has 6 rings (SSSR count). The van der Waals surface area contributed by atoms with Crippen molar-refractivity contribution in [3.63, 3.8) is 0 Å². The molecule has 0 radical (unpaired) electrons. The minimum absolute atomic E-state index is 0.0122. The molecule has 8 atom stereocenters. The Morgan fingerprint density at radius 3 is 2.65 bits per heavy atom. The van der Waals surface area contributed by atoms with Gasteiger partial charge in [-0.25, -0.2) is 4.79 Å². The van der Waals surface area contributed by atoms with Crippen LogP contribution < -0.4 is 0 Å². The van der Waals surface area contributed by atoms with E-state index >= 15 is 0 Å². The van der Waals surface area contributed by atoms with E-state index in [-0.39, 0.29) is 54.2 Å². The van der Waals surface area contributed by atoms with E-state index in [0.29, 0.717) is 6.42 Å². The maximum Gasteiger partial charge on any atom is 0.341 e. The summed E-state index contributed by atoms with van der Waals surface area (Å²) in [7, 11) is 0. The lowest BCUT2D eigenvalue weighted by Gasteiger charge is -2.56. The molecule has 0 spiro atoms. The van der Waals surface area contributed by atoms with Gasteiger partial charge in [0.15, 0.2) is 17.2 Å². The molecule has 5 aliphatic rings. The maximum atomic E-state index is 13.2. The van der Waals surface area contributed by atoms with Crippen molar-refractivity contribution < 1.29 is 29.0 Å². The largest absolute Gasteiger partial charge is 0.459 e. The Balaban J connectivity index is 1.30. The maximum absolute atomic E-state index is 13.2. The molecule has 1 saturated carbocycles. The number of epoxide rings is 1. The van der Waals surface area contributed by atoms with Crippen LogP contribution in [0, 0.1) is 11.3 Å². The number of rotatable bonds is 2. The van der Waals surface area contributed by atoms with Crippen LogP contribution in [0.2, 0.25) is 0 Å². The minimum atomic E-state index is -1.60. The topological polar surface area (TPSA) is 93.2 Å². The first-order valence-electron chi connectivity index (χ1n) is 12.5. The molecule has 2 saturated heterocycles. The summed E-state index contributed by atoms with van der Waals surface area (Å²) >= 11 is 0. The molecule has 6 nitrogen and oxygen atoms in total. The third-order valence-corrected chi connectivity index (χ3v) is 10.2. The van der Waals surface area contributed by atoms with E-state index in [2.05, 4.69) is 25.1 Å². The number of ether oxygens (including phenoxy) is 2. The van der Waals surface area contributed by atoms with Gasteiger partial charge in [-0.2, -0.15) is 0 Å². The Bertz CT molecular complexity index is 1170. The molecule has 2 heterocycles. The number of carbonyl (C=O) groups excluding carboxylic acids is 3. The summed E-state index contributed by atoms with van der Waals surface area (Å²) in [5.74, 6) is -0.792. The molecule has 6 heteroatoms. The zero-order chi connectivity index (χ0) is 24.3. The second kappa shape index (κ2) is 6.67. The Hall–Kier alpha value is -2.31. The third kappa shape index (κ3) is 2.56. The molecule has 34 heavy (non-hydrogen) atoms. The van der Waals surface area contributed by atoms with Crippen molar-refractivity contribution in [2.45, 2.75) is 94.5 Å². The standard InChI is InChI=1S/C28H32O6/c1-15(21-14-25(2)27(4,34-25)24(31)33-21)16-7-9-18-17(12-16)8-10-20-19(18)13-23(30)28(32)11-5-6-22(29)26(20,28)3/h5-7,9,12,15,19-21,32H,8,10-11,13-14H2,1-4H3/t15-,19-,20-,21+,25-,26-,27+,28-/m0/s1. The number of Topliss-reactive ketones (excluding diaryl/α,β-unsaturated/α-hetero) is 1. The third-order valence-electron chi connectivity index (χ3n) is 10.2. The molecule has 180 valence electrons. The SMILES string of the molecule is C[C@@H](c1ccc2c(c1)CC[C@H]1[C@H]2CC(=O)[C@@]2(O)CC=CC(=O)[C@]12C)[C@H]1C[C@]2(C)O[C@]2(C)C(=O)O1. The van der Waals surface area contributed by atoms with Gasteiger partial charge in [0.2, 0.25) is 0 Å². The number of benzene rings is 1. The van der Waals surface area contributed by atoms with Crippen LogP contribution in [0.4, 0.5) is 0 Å². The van der Waals surface area contributed by atoms with Crippen LogP contribution in [0.3, 0.4) is 0 Å². The summed E-state index contributed by atoms with van der Waals surface area (Å²) in [5, 5.41) is 11.3. The zero-order valence-corrected chi connectivity index (χ0v) is 20.2. The Morgan fingerprint density at radius 2 is 1.91 bits per heavy atom. The smallest absolute Gasteiger partial charge is 0.341 e. The summed E-state index contributed by atoms with van der Waals surface area (Å²) < 4.78 is 11.5. The van der Waals surface area contributed by atoms with E-state index in [1.807, 2.05) is 6.92 Å². The second-order valence-electron chi connectivity index (χ2n) is 11.7. The first-order chi connectivity index (χ1) is 15.9. The predicted octanol–water partition coefficient (Wildman–Crippen LogP) is 3.54.